The summed E-state index contributed by atoms with van der Waals surface area (Å²) in [7, 11) is 1.25. The highest BCUT2D eigenvalue weighted by Crippen LogP contribution is 2.28. The first-order chi connectivity index (χ1) is 11.9. The molecule has 8 heteroatoms. The fourth-order valence-corrected chi connectivity index (χ4v) is 3.48. The lowest BCUT2D eigenvalue weighted by molar-refractivity contribution is -0.116. The first-order valence-corrected chi connectivity index (χ1v) is 8.18. The summed E-state index contributed by atoms with van der Waals surface area (Å²) in [6.45, 7) is 1.36. The van der Waals surface area contributed by atoms with Crippen molar-refractivity contribution >= 4 is 40.0 Å². The van der Waals surface area contributed by atoms with E-state index in [1.165, 1.54) is 18.4 Å². The average molecular weight is 358 g/mol. The number of imide groups is 1. The molecule has 1 aliphatic rings. The maximum atomic E-state index is 12.3. The van der Waals surface area contributed by atoms with E-state index in [9.17, 15) is 19.2 Å². The van der Waals surface area contributed by atoms with Crippen LogP contribution >= 0.6 is 11.3 Å². The molecule has 128 valence electrons. The van der Waals surface area contributed by atoms with E-state index in [0.29, 0.717) is 5.00 Å². The van der Waals surface area contributed by atoms with Crippen LogP contribution in [0.15, 0.2) is 30.3 Å². The number of carbonyl (C=O) groups excluding carboxylic acids is 4. The molecule has 0 spiro atoms. The molecule has 7 nitrogen and oxygen atoms in total. The molecule has 0 unspecified atom stereocenters. The SMILES string of the molecule is COC(=O)c1cc(C)sc1NC(=O)CN1C(=O)c2ccccc2C1=O. The molecule has 3 rings (SSSR count). The summed E-state index contributed by atoms with van der Waals surface area (Å²) in [6, 6.07) is 8.01. The van der Waals surface area contributed by atoms with Gasteiger partial charge in [0.2, 0.25) is 5.91 Å². The molecule has 2 heterocycles. The quantitative estimate of drug-likeness (QED) is 0.667. The zero-order valence-corrected chi connectivity index (χ0v) is 14.3. The minimum absolute atomic E-state index is 0.237. The lowest BCUT2D eigenvalue weighted by Crippen LogP contribution is -2.37. The van der Waals surface area contributed by atoms with Crippen LogP contribution in [0.2, 0.25) is 0 Å². The van der Waals surface area contributed by atoms with Crippen LogP contribution < -0.4 is 5.32 Å². The topological polar surface area (TPSA) is 92.8 Å². The van der Waals surface area contributed by atoms with Gasteiger partial charge >= 0.3 is 5.97 Å². The Morgan fingerprint density at radius 1 is 1.16 bits per heavy atom. The Balaban J connectivity index is 1.76. The Morgan fingerprint density at radius 3 is 2.32 bits per heavy atom. The number of fused-ring (bicyclic) bond motifs is 1. The summed E-state index contributed by atoms with van der Waals surface area (Å²) in [6.07, 6.45) is 0. The predicted octanol–water partition coefficient (Wildman–Crippen LogP) is 2.08. The standard InChI is InChI=1S/C17H14N2O5S/c1-9-7-12(17(23)24-2)14(25-9)18-13(20)8-19-15(21)10-5-3-4-6-11(10)16(19)22/h3-7H,8H2,1-2H3,(H,18,20). The fraction of sp³-hybridized carbons (Fsp3) is 0.176. The van der Waals surface area contributed by atoms with Gasteiger partial charge in [0.15, 0.2) is 0 Å². The van der Waals surface area contributed by atoms with Gasteiger partial charge < -0.3 is 10.1 Å². The first kappa shape index (κ1) is 16.8. The fourth-order valence-electron chi connectivity index (χ4n) is 2.56. The Labute approximate surface area is 147 Å². The zero-order chi connectivity index (χ0) is 18.1. The number of methoxy groups -OCH3 is 1. The van der Waals surface area contributed by atoms with Crippen molar-refractivity contribution < 1.29 is 23.9 Å². The highest BCUT2D eigenvalue weighted by Gasteiger charge is 2.36. The molecule has 0 aliphatic carbocycles. The molecular formula is C17H14N2O5S. The van der Waals surface area contributed by atoms with Crippen molar-refractivity contribution in [3.05, 3.63) is 51.9 Å². The number of hydrogen-bond acceptors (Lipinski definition) is 6. The van der Waals surface area contributed by atoms with Crippen molar-refractivity contribution in [1.29, 1.82) is 0 Å². The van der Waals surface area contributed by atoms with E-state index in [0.717, 1.165) is 9.78 Å². The van der Waals surface area contributed by atoms with Gasteiger partial charge in [-0.3, -0.25) is 19.3 Å². The van der Waals surface area contributed by atoms with Gasteiger partial charge in [-0.05, 0) is 25.1 Å². The van der Waals surface area contributed by atoms with E-state index >= 15 is 0 Å². The number of amides is 3. The Kier molecular flexibility index (Phi) is 4.37. The van der Waals surface area contributed by atoms with Crippen LogP contribution in [0.25, 0.3) is 0 Å². The van der Waals surface area contributed by atoms with Gasteiger partial charge in [-0.15, -0.1) is 11.3 Å². The smallest absolute Gasteiger partial charge is 0.340 e. The van der Waals surface area contributed by atoms with E-state index in [1.807, 2.05) is 0 Å². The number of aryl methyl sites for hydroxylation is 1. The molecule has 2 aromatic rings. The summed E-state index contributed by atoms with van der Waals surface area (Å²) in [4.78, 5) is 50.3. The Hall–Kier alpha value is -3.00. The van der Waals surface area contributed by atoms with Gasteiger partial charge in [-0.1, -0.05) is 12.1 Å². The van der Waals surface area contributed by atoms with Gasteiger partial charge in [0.05, 0.1) is 23.8 Å². The van der Waals surface area contributed by atoms with Gasteiger partial charge in [-0.25, -0.2) is 4.79 Å². The molecule has 0 saturated carbocycles. The van der Waals surface area contributed by atoms with E-state index in [1.54, 1.807) is 37.3 Å². The summed E-state index contributed by atoms with van der Waals surface area (Å²) in [5.74, 6) is -2.15. The number of nitrogens with zero attached hydrogens (tertiary/aromatic N) is 1. The molecule has 1 aromatic carbocycles. The third-order valence-corrected chi connectivity index (χ3v) is 4.66. The van der Waals surface area contributed by atoms with Crippen molar-refractivity contribution in [2.75, 3.05) is 19.0 Å². The summed E-state index contributed by atoms with van der Waals surface area (Å²) in [5, 5.41) is 2.90. The average Bonchev–Trinajstić information content (AvgIpc) is 3.07. The number of thiophene rings is 1. The molecule has 1 N–H and O–H groups in total. The number of hydrogen-bond donors (Lipinski definition) is 1. The maximum Gasteiger partial charge on any atom is 0.340 e. The van der Waals surface area contributed by atoms with Crippen LogP contribution in [0, 0.1) is 6.92 Å². The largest absolute Gasteiger partial charge is 0.465 e. The van der Waals surface area contributed by atoms with Crippen LogP contribution in [0.3, 0.4) is 0 Å². The van der Waals surface area contributed by atoms with Gasteiger partial charge in [0, 0.05) is 4.88 Å². The second-order valence-corrected chi connectivity index (χ2v) is 6.64. The second kappa shape index (κ2) is 6.48. The molecule has 1 aliphatic heterocycles. The first-order valence-electron chi connectivity index (χ1n) is 7.36. The van der Waals surface area contributed by atoms with Gasteiger partial charge in [-0.2, -0.15) is 0 Å². The van der Waals surface area contributed by atoms with E-state index in [-0.39, 0.29) is 16.7 Å². The molecule has 0 fully saturated rings. The number of carbonyl (C=O) groups is 4. The lowest BCUT2D eigenvalue weighted by atomic mass is 10.1. The maximum absolute atomic E-state index is 12.3. The van der Waals surface area contributed by atoms with Gasteiger partial charge in [0.1, 0.15) is 11.5 Å². The van der Waals surface area contributed by atoms with Crippen molar-refractivity contribution in [2.45, 2.75) is 6.92 Å². The van der Waals surface area contributed by atoms with Crippen LogP contribution in [0.4, 0.5) is 5.00 Å². The lowest BCUT2D eigenvalue weighted by Gasteiger charge is -2.13. The number of rotatable bonds is 4. The molecule has 3 amide bonds. The molecule has 25 heavy (non-hydrogen) atoms. The number of nitrogens with one attached hydrogen (secondary N) is 1. The highest BCUT2D eigenvalue weighted by atomic mass is 32.1. The van der Waals surface area contributed by atoms with E-state index in [2.05, 4.69) is 10.1 Å². The Bertz CT molecular complexity index is 867. The van der Waals surface area contributed by atoms with Crippen molar-refractivity contribution in [2.24, 2.45) is 0 Å². The van der Waals surface area contributed by atoms with Crippen LogP contribution in [0.5, 0.6) is 0 Å². The van der Waals surface area contributed by atoms with E-state index in [4.69, 9.17) is 0 Å². The van der Waals surface area contributed by atoms with Crippen LogP contribution in [-0.2, 0) is 9.53 Å². The third-order valence-electron chi connectivity index (χ3n) is 3.69. The number of benzene rings is 1. The summed E-state index contributed by atoms with van der Waals surface area (Å²) < 4.78 is 4.68. The number of anilines is 1. The minimum atomic E-state index is -0.569. The molecule has 0 radical (unpaired) electrons. The third kappa shape index (κ3) is 3.03. The Morgan fingerprint density at radius 2 is 1.76 bits per heavy atom. The van der Waals surface area contributed by atoms with Crippen LogP contribution in [-0.4, -0.2) is 42.2 Å². The zero-order valence-electron chi connectivity index (χ0n) is 13.5. The molecule has 1 aromatic heterocycles. The van der Waals surface area contributed by atoms with Crippen molar-refractivity contribution in [3.63, 3.8) is 0 Å². The monoisotopic (exact) mass is 358 g/mol. The van der Waals surface area contributed by atoms with Crippen molar-refractivity contribution in [3.8, 4) is 0 Å². The normalized spacial score (nSPS) is 13.0. The minimum Gasteiger partial charge on any atom is -0.465 e. The van der Waals surface area contributed by atoms with Crippen molar-refractivity contribution in [1.82, 2.24) is 4.90 Å². The van der Waals surface area contributed by atoms with Crippen LogP contribution in [0.1, 0.15) is 36.0 Å². The number of ether oxygens (including phenoxy) is 1. The highest BCUT2D eigenvalue weighted by molar-refractivity contribution is 7.16. The molecular weight excluding hydrogens is 344 g/mol. The molecule has 0 bridgehead atoms. The second-order valence-electron chi connectivity index (χ2n) is 5.38. The summed E-state index contributed by atoms with van der Waals surface area (Å²) >= 11 is 1.21. The van der Waals surface area contributed by atoms with E-state index < -0.39 is 30.2 Å². The predicted molar refractivity (Wildman–Crippen MR) is 90.8 cm³/mol. The molecule has 0 atom stereocenters. The summed E-state index contributed by atoms with van der Waals surface area (Å²) in [5.41, 5.74) is 0.797. The molecule has 0 saturated heterocycles. The number of esters is 1. The van der Waals surface area contributed by atoms with Gasteiger partial charge in [0.25, 0.3) is 11.8 Å².